The molecule has 1 amide bonds. The molecule has 3 aromatic rings. The lowest BCUT2D eigenvalue weighted by Gasteiger charge is -2.26. The van der Waals surface area contributed by atoms with Crippen molar-refractivity contribution in [1.82, 2.24) is 10.6 Å². The maximum atomic E-state index is 12.7. The normalized spacial score (nSPS) is 17.7. The second-order valence-corrected chi connectivity index (χ2v) is 9.37. The Labute approximate surface area is 224 Å². The molecule has 0 fully saturated rings. The minimum atomic E-state index is -0.860. The fraction of sp³-hybridized carbons (Fsp3) is 0.323. The van der Waals surface area contributed by atoms with Crippen LogP contribution in [0.4, 0.5) is 4.79 Å². The Morgan fingerprint density at radius 3 is 2.45 bits per heavy atom. The summed E-state index contributed by atoms with van der Waals surface area (Å²) >= 11 is 0. The lowest BCUT2D eigenvalue weighted by Crippen LogP contribution is -2.49. The zero-order valence-corrected chi connectivity index (χ0v) is 21.7. The molecule has 0 aromatic heterocycles. The fourth-order valence-electron chi connectivity index (χ4n) is 4.75. The first kappa shape index (κ1) is 27.4. The molecule has 7 nitrogen and oxygen atoms in total. The predicted octanol–water partition coefficient (Wildman–Crippen LogP) is 4.87. The smallest absolute Gasteiger partial charge is 0.407 e. The molecule has 4 rings (SSSR count). The largest absolute Gasteiger partial charge is 0.497 e. The van der Waals surface area contributed by atoms with E-state index in [1.54, 1.807) is 13.2 Å². The van der Waals surface area contributed by atoms with Crippen LogP contribution in [0.15, 0.2) is 91.5 Å². The number of ether oxygens (including phenoxy) is 3. The summed E-state index contributed by atoms with van der Waals surface area (Å²) in [5, 5.41) is 17.6. The quantitative estimate of drug-likeness (QED) is 0.281. The van der Waals surface area contributed by atoms with Crippen LogP contribution in [0.2, 0.25) is 0 Å². The van der Waals surface area contributed by atoms with Crippen molar-refractivity contribution in [1.29, 1.82) is 0 Å². The lowest BCUT2D eigenvalue weighted by molar-refractivity contribution is 0.0667. The molecule has 38 heavy (non-hydrogen) atoms. The molecule has 3 N–H and O–H groups in total. The van der Waals surface area contributed by atoms with Gasteiger partial charge in [-0.3, -0.25) is 0 Å². The van der Waals surface area contributed by atoms with Crippen LogP contribution >= 0.6 is 0 Å². The average molecular weight is 517 g/mol. The summed E-state index contributed by atoms with van der Waals surface area (Å²) < 4.78 is 16.9. The number of hydrogen-bond donors (Lipinski definition) is 3. The second kappa shape index (κ2) is 13.8. The van der Waals surface area contributed by atoms with Crippen molar-refractivity contribution in [2.24, 2.45) is 0 Å². The highest BCUT2D eigenvalue weighted by molar-refractivity contribution is 5.67. The van der Waals surface area contributed by atoms with Gasteiger partial charge in [0.15, 0.2) is 0 Å². The van der Waals surface area contributed by atoms with Crippen molar-refractivity contribution in [3.05, 3.63) is 114 Å². The van der Waals surface area contributed by atoms with Crippen molar-refractivity contribution < 1.29 is 24.1 Å². The molecule has 1 aliphatic rings. The van der Waals surface area contributed by atoms with Crippen molar-refractivity contribution in [2.75, 3.05) is 20.3 Å². The predicted molar refractivity (Wildman–Crippen MR) is 147 cm³/mol. The van der Waals surface area contributed by atoms with Crippen LogP contribution in [0.25, 0.3) is 0 Å². The van der Waals surface area contributed by atoms with Gasteiger partial charge in [0.1, 0.15) is 12.4 Å². The van der Waals surface area contributed by atoms with Crippen LogP contribution in [0.1, 0.15) is 40.8 Å². The van der Waals surface area contributed by atoms with Gasteiger partial charge < -0.3 is 30.0 Å². The molecule has 200 valence electrons. The molecule has 1 unspecified atom stereocenters. The maximum absolute atomic E-state index is 12.7. The number of carbonyl (C=O) groups excluding carboxylic acids is 1. The molecule has 0 spiro atoms. The molecular formula is C31H36N2O5. The molecule has 4 atom stereocenters. The number of alkyl carbamates (subject to hydrolysis) is 1. The summed E-state index contributed by atoms with van der Waals surface area (Å²) in [5.74, 6) is 0.769. The Balaban J connectivity index is 1.42. The van der Waals surface area contributed by atoms with Crippen LogP contribution < -0.4 is 15.4 Å². The van der Waals surface area contributed by atoms with E-state index >= 15 is 0 Å². The van der Waals surface area contributed by atoms with Crippen LogP contribution in [-0.2, 0) is 22.5 Å². The summed E-state index contributed by atoms with van der Waals surface area (Å²) in [5.41, 5.74) is 4.09. The number of hydrogen-bond acceptors (Lipinski definition) is 6. The van der Waals surface area contributed by atoms with Gasteiger partial charge in [-0.25, -0.2) is 4.79 Å². The molecule has 7 heteroatoms. The van der Waals surface area contributed by atoms with Gasteiger partial charge in [0, 0.05) is 12.6 Å². The SMILES string of the molecule is C=CCO[C@H]1C[C@@H](NC[C@@H](O)C(Cc2ccccc2)NC(=O)OCc2ccccc2)c2cc(OC)ccc21. The van der Waals surface area contributed by atoms with Gasteiger partial charge in [0.2, 0.25) is 0 Å². The highest BCUT2D eigenvalue weighted by Gasteiger charge is 2.33. The van der Waals surface area contributed by atoms with E-state index in [2.05, 4.69) is 17.2 Å². The number of benzene rings is 3. The van der Waals surface area contributed by atoms with Crippen LogP contribution in [-0.4, -0.2) is 43.6 Å². The Morgan fingerprint density at radius 1 is 1.05 bits per heavy atom. The second-order valence-electron chi connectivity index (χ2n) is 9.37. The number of methoxy groups -OCH3 is 1. The van der Waals surface area contributed by atoms with Crippen LogP contribution in [0.3, 0.4) is 0 Å². The standard InChI is InChI=1S/C31H36N2O5/c1-3-16-37-30-19-27(26-18-24(36-2)14-15-25(26)30)32-20-29(34)28(17-22-10-6-4-7-11-22)33-31(35)38-21-23-12-8-5-9-13-23/h3-15,18,27-30,32,34H,1,16-17,19-21H2,2H3,(H,33,35)/t27-,28?,29-,30+/m1/s1. The number of amides is 1. The fourth-order valence-corrected chi connectivity index (χ4v) is 4.75. The van der Waals surface area contributed by atoms with Crippen molar-refractivity contribution >= 4 is 6.09 Å². The van der Waals surface area contributed by atoms with Crippen molar-refractivity contribution in [3.63, 3.8) is 0 Å². The molecule has 0 radical (unpaired) electrons. The van der Waals surface area contributed by atoms with Gasteiger partial charge in [-0.05, 0) is 47.2 Å². The molecule has 0 saturated carbocycles. The summed E-state index contributed by atoms with van der Waals surface area (Å²) in [6, 6.07) is 24.7. The average Bonchev–Trinajstić information content (AvgIpc) is 3.31. The van der Waals surface area contributed by atoms with Gasteiger partial charge >= 0.3 is 6.09 Å². The monoisotopic (exact) mass is 516 g/mol. The van der Waals surface area contributed by atoms with Crippen LogP contribution in [0.5, 0.6) is 5.75 Å². The first-order valence-electron chi connectivity index (χ1n) is 12.9. The summed E-state index contributed by atoms with van der Waals surface area (Å²) in [7, 11) is 1.64. The van der Waals surface area contributed by atoms with Gasteiger partial charge in [-0.2, -0.15) is 0 Å². The van der Waals surface area contributed by atoms with E-state index in [0.29, 0.717) is 13.0 Å². The van der Waals surface area contributed by atoms with E-state index < -0.39 is 18.2 Å². The zero-order chi connectivity index (χ0) is 26.7. The Kier molecular flexibility index (Phi) is 9.92. The van der Waals surface area contributed by atoms with E-state index in [0.717, 1.165) is 34.4 Å². The van der Waals surface area contributed by atoms with E-state index in [1.165, 1.54) is 0 Å². The van der Waals surface area contributed by atoms with Gasteiger partial charge in [-0.1, -0.05) is 72.8 Å². The highest BCUT2D eigenvalue weighted by atomic mass is 16.5. The lowest BCUT2D eigenvalue weighted by atomic mass is 10.0. The third-order valence-electron chi connectivity index (χ3n) is 6.73. The number of aliphatic hydroxyl groups excluding tert-OH is 1. The van der Waals surface area contributed by atoms with E-state index in [-0.39, 0.29) is 25.3 Å². The number of fused-ring (bicyclic) bond motifs is 1. The third-order valence-corrected chi connectivity index (χ3v) is 6.73. The summed E-state index contributed by atoms with van der Waals surface area (Å²) in [6.07, 6.45) is 1.42. The molecular weight excluding hydrogens is 480 g/mol. The van der Waals surface area contributed by atoms with E-state index in [9.17, 15) is 9.90 Å². The molecule has 0 saturated heterocycles. The van der Waals surface area contributed by atoms with E-state index in [4.69, 9.17) is 14.2 Å². The number of carbonyl (C=O) groups is 1. The number of rotatable bonds is 13. The molecule has 0 heterocycles. The van der Waals surface area contributed by atoms with Gasteiger partial charge in [0.25, 0.3) is 0 Å². The van der Waals surface area contributed by atoms with Gasteiger partial charge in [-0.15, -0.1) is 6.58 Å². The molecule has 1 aliphatic carbocycles. The Bertz CT molecular complexity index is 1170. The zero-order valence-electron chi connectivity index (χ0n) is 21.7. The Hall–Kier alpha value is -3.65. The number of nitrogens with one attached hydrogen (secondary N) is 2. The Morgan fingerprint density at radius 2 is 1.76 bits per heavy atom. The first-order chi connectivity index (χ1) is 18.6. The van der Waals surface area contributed by atoms with Gasteiger partial charge in [0.05, 0.1) is 32.0 Å². The molecule has 3 aromatic carbocycles. The topological polar surface area (TPSA) is 89.1 Å². The number of aliphatic hydroxyl groups is 1. The first-order valence-corrected chi connectivity index (χ1v) is 12.9. The minimum Gasteiger partial charge on any atom is -0.497 e. The summed E-state index contributed by atoms with van der Waals surface area (Å²) in [6.45, 7) is 4.64. The third kappa shape index (κ3) is 7.44. The highest BCUT2D eigenvalue weighted by Crippen LogP contribution is 2.42. The van der Waals surface area contributed by atoms with Crippen molar-refractivity contribution in [3.8, 4) is 5.75 Å². The maximum Gasteiger partial charge on any atom is 0.407 e. The van der Waals surface area contributed by atoms with E-state index in [1.807, 2.05) is 78.9 Å². The van der Waals surface area contributed by atoms with Crippen LogP contribution in [0, 0.1) is 0 Å². The molecule has 0 bridgehead atoms. The van der Waals surface area contributed by atoms with Crippen molar-refractivity contribution in [2.45, 2.75) is 43.7 Å². The minimum absolute atomic E-state index is 0.0352. The summed E-state index contributed by atoms with van der Waals surface area (Å²) in [4.78, 5) is 12.7. The molecule has 0 aliphatic heterocycles.